The van der Waals surface area contributed by atoms with Gasteiger partial charge in [-0.15, -0.1) is 0 Å². The van der Waals surface area contributed by atoms with Crippen LogP contribution in [-0.4, -0.2) is 21.8 Å². The first-order chi connectivity index (χ1) is 9.65. The summed E-state index contributed by atoms with van der Waals surface area (Å²) in [7, 11) is 1.95. The fourth-order valence-electron chi connectivity index (χ4n) is 2.37. The van der Waals surface area contributed by atoms with E-state index in [9.17, 15) is 0 Å². The summed E-state index contributed by atoms with van der Waals surface area (Å²) in [5, 5.41) is 7.31. The van der Waals surface area contributed by atoms with E-state index in [1.54, 1.807) is 6.33 Å². The molecule has 20 heavy (non-hydrogen) atoms. The second-order valence-electron chi connectivity index (χ2n) is 4.87. The van der Waals surface area contributed by atoms with Crippen molar-refractivity contribution in [3.63, 3.8) is 0 Å². The van der Waals surface area contributed by atoms with Crippen LogP contribution in [-0.2, 0) is 19.7 Å². The van der Waals surface area contributed by atoms with Crippen LogP contribution in [0, 0.1) is 13.8 Å². The summed E-state index contributed by atoms with van der Waals surface area (Å²) in [6.45, 7) is 8.31. The molecule has 0 fully saturated rings. The molecule has 0 saturated heterocycles. The van der Waals surface area contributed by atoms with Gasteiger partial charge in [0.05, 0.1) is 0 Å². The highest BCUT2D eigenvalue weighted by molar-refractivity contribution is 5.43. The maximum Gasteiger partial charge on any atom is 0.164 e. The van der Waals surface area contributed by atoms with Crippen LogP contribution in [0.5, 0.6) is 5.75 Å². The summed E-state index contributed by atoms with van der Waals surface area (Å²) in [5.74, 6) is 1.79. The van der Waals surface area contributed by atoms with Crippen molar-refractivity contribution in [1.29, 1.82) is 0 Å². The first-order valence-electron chi connectivity index (χ1n) is 6.90. The Morgan fingerprint density at radius 1 is 1.25 bits per heavy atom. The van der Waals surface area contributed by atoms with E-state index in [0.29, 0.717) is 6.61 Å². The Balaban J connectivity index is 2.13. The predicted molar refractivity (Wildman–Crippen MR) is 78.7 cm³/mol. The van der Waals surface area contributed by atoms with Gasteiger partial charge in [-0.2, -0.15) is 5.10 Å². The van der Waals surface area contributed by atoms with Crippen LogP contribution in [0.3, 0.4) is 0 Å². The van der Waals surface area contributed by atoms with E-state index in [1.807, 2.05) is 18.7 Å². The molecule has 0 aliphatic carbocycles. The molecule has 0 spiro atoms. The summed E-state index contributed by atoms with van der Waals surface area (Å²) in [6.07, 6.45) is 1.57. The Hall–Kier alpha value is -1.88. The van der Waals surface area contributed by atoms with Crippen molar-refractivity contribution in [3.05, 3.63) is 41.0 Å². The standard InChI is InChI=1S/C15H22N4O/c1-5-19-14(17-10-18-19)9-20-15-11(2)6-13(8-16-4)7-12(15)3/h6-7,10,16H,5,8-9H2,1-4H3. The molecule has 5 nitrogen and oxygen atoms in total. The zero-order chi connectivity index (χ0) is 14.5. The number of aromatic nitrogens is 3. The average Bonchev–Trinajstić information content (AvgIpc) is 2.85. The molecule has 0 bridgehead atoms. The minimum atomic E-state index is 0.445. The lowest BCUT2D eigenvalue weighted by atomic mass is 10.1. The van der Waals surface area contributed by atoms with Crippen molar-refractivity contribution in [2.75, 3.05) is 7.05 Å². The van der Waals surface area contributed by atoms with Gasteiger partial charge in [-0.3, -0.25) is 0 Å². The number of ether oxygens (including phenoxy) is 1. The summed E-state index contributed by atoms with van der Waals surface area (Å²) < 4.78 is 7.79. The maximum absolute atomic E-state index is 5.94. The number of rotatable bonds is 6. The van der Waals surface area contributed by atoms with Gasteiger partial charge in [0.25, 0.3) is 0 Å². The number of benzene rings is 1. The van der Waals surface area contributed by atoms with Crippen LogP contribution in [0.25, 0.3) is 0 Å². The van der Waals surface area contributed by atoms with Crippen molar-refractivity contribution in [3.8, 4) is 5.75 Å². The zero-order valence-electron chi connectivity index (χ0n) is 12.6. The van der Waals surface area contributed by atoms with E-state index in [0.717, 1.165) is 35.8 Å². The number of nitrogens with zero attached hydrogens (tertiary/aromatic N) is 3. The molecule has 0 saturated carbocycles. The monoisotopic (exact) mass is 274 g/mol. The quantitative estimate of drug-likeness (QED) is 0.877. The molecule has 1 aromatic heterocycles. The third-order valence-electron chi connectivity index (χ3n) is 3.24. The second-order valence-corrected chi connectivity index (χ2v) is 4.87. The molecule has 1 N–H and O–H groups in total. The van der Waals surface area contributed by atoms with Gasteiger partial charge in [-0.05, 0) is 44.5 Å². The molecule has 108 valence electrons. The van der Waals surface area contributed by atoms with Gasteiger partial charge in [0, 0.05) is 13.1 Å². The predicted octanol–water partition coefficient (Wildman–Crippen LogP) is 2.21. The molecule has 2 rings (SSSR count). The molecule has 0 aliphatic heterocycles. The van der Waals surface area contributed by atoms with E-state index < -0.39 is 0 Å². The van der Waals surface area contributed by atoms with Gasteiger partial charge in [-0.25, -0.2) is 9.67 Å². The molecule has 0 amide bonds. The summed E-state index contributed by atoms with van der Waals surface area (Å²) >= 11 is 0. The van der Waals surface area contributed by atoms with E-state index in [-0.39, 0.29) is 0 Å². The SMILES string of the molecule is CCn1ncnc1COc1c(C)cc(CNC)cc1C. The Labute approximate surface area is 120 Å². The molecule has 0 radical (unpaired) electrons. The van der Waals surface area contributed by atoms with Crippen LogP contribution in [0.15, 0.2) is 18.5 Å². The van der Waals surface area contributed by atoms with Gasteiger partial charge in [0.1, 0.15) is 18.7 Å². The summed E-state index contributed by atoms with van der Waals surface area (Å²) in [6, 6.07) is 4.31. The van der Waals surface area contributed by atoms with E-state index >= 15 is 0 Å². The van der Waals surface area contributed by atoms with Crippen molar-refractivity contribution < 1.29 is 4.74 Å². The molecular formula is C15H22N4O. The molecule has 2 aromatic rings. The van der Waals surface area contributed by atoms with Crippen LogP contribution < -0.4 is 10.1 Å². The second kappa shape index (κ2) is 6.52. The Bertz CT molecular complexity index is 554. The first-order valence-corrected chi connectivity index (χ1v) is 6.90. The summed E-state index contributed by atoms with van der Waals surface area (Å²) in [5.41, 5.74) is 3.57. The average molecular weight is 274 g/mol. The first kappa shape index (κ1) is 14.5. The van der Waals surface area contributed by atoms with Crippen LogP contribution in [0.4, 0.5) is 0 Å². The minimum absolute atomic E-state index is 0.445. The van der Waals surface area contributed by atoms with Gasteiger partial charge in [0.15, 0.2) is 5.82 Å². The molecule has 0 aliphatic rings. The fourth-order valence-corrected chi connectivity index (χ4v) is 2.37. The lowest BCUT2D eigenvalue weighted by molar-refractivity contribution is 0.283. The van der Waals surface area contributed by atoms with Crippen LogP contribution >= 0.6 is 0 Å². The number of hydrogen-bond acceptors (Lipinski definition) is 4. The largest absolute Gasteiger partial charge is 0.485 e. The van der Waals surface area contributed by atoms with Gasteiger partial charge in [0.2, 0.25) is 0 Å². The number of hydrogen-bond donors (Lipinski definition) is 1. The number of nitrogens with one attached hydrogen (secondary N) is 1. The minimum Gasteiger partial charge on any atom is -0.485 e. The molecule has 0 unspecified atom stereocenters. The van der Waals surface area contributed by atoms with E-state index in [1.165, 1.54) is 5.56 Å². The Morgan fingerprint density at radius 2 is 1.95 bits per heavy atom. The van der Waals surface area contributed by atoms with E-state index in [4.69, 9.17) is 4.74 Å². The third-order valence-corrected chi connectivity index (χ3v) is 3.24. The van der Waals surface area contributed by atoms with Crippen LogP contribution in [0.1, 0.15) is 29.4 Å². The third kappa shape index (κ3) is 3.17. The molecule has 5 heteroatoms. The lowest BCUT2D eigenvalue weighted by Crippen LogP contribution is -2.09. The molecule has 1 aromatic carbocycles. The topological polar surface area (TPSA) is 52.0 Å². The maximum atomic E-state index is 5.94. The van der Waals surface area contributed by atoms with Crippen molar-refractivity contribution in [1.82, 2.24) is 20.1 Å². The Kier molecular flexibility index (Phi) is 4.74. The van der Waals surface area contributed by atoms with Crippen molar-refractivity contribution in [2.45, 2.75) is 40.5 Å². The van der Waals surface area contributed by atoms with Crippen molar-refractivity contribution >= 4 is 0 Å². The Morgan fingerprint density at radius 3 is 2.55 bits per heavy atom. The van der Waals surface area contributed by atoms with Crippen molar-refractivity contribution in [2.24, 2.45) is 0 Å². The molecule has 1 heterocycles. The number of aryl methyl sites for hydroxylation is 3. The molecular weight excluding hydrogens is 252 g/mol. The fraction of sp³-hybridized carbons (Fsp3) is 0.467. The normalized spacial score (nSPS) is 10.8. The van der Waals surface area contributed by atoms with Crippen LogP contribution in [0.2, 0.25) is 0 Å². The molecule has 0 atom stereocenters. The van der Waals surface area contributed by atoms with E-state index in [2.05, 4.69) is 41.4 Å². The highest BCUT2D eigenvalue weighted by Gasteiger charge is 2.09. The highest BCUT2D eigenvalue weighted by Crippen LogP contribution is 2.25. The summed E-state index contributed by atoms with van der Waals surface area (Å²) in [4.78, 5) is 4.23. The zero-order valence-corrected chi connectivity index (χ0v) is 12.6. The van der Waals surface area contributed by atoms with Gasteiger partial charge in [-0.1, -0.05) is 12.1 Å². The lowest BCUT2D eigenvalue weighted by Gasteiger charge is -2.14. The van der Waals surface area contributed by atoms with Gasteiger partial charge >= 0.3 is 0 Å². The highest BCUT2D eigenvalue weighted by atomic mass is 16.5. The van der Waals surface area contributed by atoms with Gasteiger partial charge < -0.3 is 10.1 Å². The smallest absolute Gasteiger partial charge is 0.164 e.